The van der Waals surface area contributed by atoms with Crippen LogP contribution in [0.1, 0.15) is 17.0 Å². The van der Waals surface area contributed by atoms with Gasteiger partial charge in [0.2, 0.25) is 0 Å². The highest BCUT2D eigenvalue weighted by atomic mass is 35.5. The Kier molecular flexibility index (Phi) is 6.94. The number of amides is 2. The molecular weight excluding hydrogens is 356 g/mol. The molecule has 2 N–H and O–H groups in total. The molecular formula is C18H21ClN4O3. The van der Waals surface area contributed by atoms with Gasteiger partial charge in [-0.25, -0.2) is 5.43 Å². The first-order valence-electron chi connectivity index (χ1n) is 7.99. The molecule has 26 heavy (non-hydrogen) atoms. The number of aryl methyl sites for hydroxylation is 1. The summed E-state index contributed by atoms with van der Waals surface area (Å²) in [5.74, 6) is -1.59. The van der Waals surface area contributed by atoms with E-state index in [-0.39, 0.29) is 6.54 Å². The molecule has 138 valence electrons. The van der Waals surface area contributed by atoms with Crippen molar-refractivity contribution in [2.45, 2.75) is 13.8 Å². The number of halogens is 1. The van der Waals surface area contributed by atoms with Crippen LogP contribution in [-0.4, -0.2) is 42.9 Å². The van der Waals surface area contributed by atoms with Gasteiger partial charge in [0, 0.05) is 41.3 Å². The van der Waals surface area contributed by atoms with Crippen molar-refractivity contribution in [2.24, 2.45) is 5.10 Å². The Morgan fingerprint density at radius 1 is 1.23 bits per heavy atom. The van der Waals surface area contributed by atoms with E-state index in [9.17, 15) is 9.59 Å². The quantitative estimate of drug-likeness (QED) is 0.350. The van der Waals surface area contributed by atoms with Crippen molar-refractivity contribution in [2.75, 3.05) is 20.3 Å². The highest BCUT2D eigenvalue weighted by Crippen LogP contribution is 2.21. The standard InChI is InChI=1S/C18H21ClN4O3/c1-12-10-14(11-21-22-18(25)17(24)20-8-9-26-3)13(2)23(12)16-6-4-15(19)5-7-16/h4-7,10-11H,8-9H2,1-3H3,(H,20,24)(H,22,25)/b21-11+. The number of hydrogen-bond donors (Lipinski definition) is 2. The summed E-state index contributed by atoms with van der Waals surface area (Å²) in [7, 11) is 1.51. The number of aromatic nitrogens is 1. The lowest BCUT2D eigenvalue weighted by Gasteiger charge is -2.09. The summed E-state index contributed by atoms with van der Waals surface area (Å²) in [5, 5.41) is 6.95. The Balaban J connectivity index is 2.05. The van der Waals surface area contributed by atoms with E-state index >= 15 is 0 Å². The van der Waals surface area contributed by atoms with E-state index in [1.165, 1.54) is 13.3 Å². The molecule has 0 fully saturated rings. The van der Waals surface area contributed by atoms with Gasteiger partial charge in [-0.05, 0) is 44.2 Å². The molecule has 0 saturated heterocycles. The molecule has 7 nitrogen and oxygen atoms in total. The van der Waals surface area contributed by atoms with E-state index in [0.29, 0.717) is 11.6 Å². The predicted molar refractivity (Wildman–Crippen MR) is 101 cm³/mol. The Hall–Kier alpha value is -2.64. The van der Waals surface area contributed by atoms with E-state index in [2.05, 4.69) is 20.4 Å². The van der Waals surface area contributed by atoms with Crippen molar-refractivity contribution in [3.63, 3.8) is 0 Å². The Labute approximate surface area is 157 Å². The predicted octanol–water partition coefficient (Wildman–Crippen LogP) is 1.96. The molecule has 0 aliphatic rings. The van der Waals surface area contributed by atoms with Crippen LogP contribution in [0.2, 0.25) is 5.02 Å². The molecule has 2 rings (SSSR count). The minimum atomic E-state index is -0.830. The highest BCUT2D eigenvalue weighted by Gasteiger charge is 2.12. The molecule has 1 aromatic heterocycles. The third-order valence-electron chi connectivity index (χ3n) is 3.72. The molecule has 0 aliphatic heterocycles. The number of ether oxygens (including phenoxy) is 1. The maximum atomic E-state index is 11.6. The summed E-state index contributed by atoms with van der Waals surface area (Å²) in [6, 6.07) is 9.45. The first-order chi connectivity index (χ1) is 12.4. The van der Waals surface area contributed by atoms with E-state index in [0.717, 1.165) is 22.6 Å². The van der Waals surface area contributed by atoms with Crippen molar-refractivity contribution >= 4 is 29.6 Å². The number of nitrogens with one attached hydrogen (secondary N) is 2. The van der Waals surface area contributed by atoms with Crippen molar-refractivity contribution in [1.82, 2.24) is 15.3 Å². The van der Waals surface area contributed by atoms with Crippen molar-refractivity contribution in [1.29, 1.82) is 0 Å². The zero-order valence-electron chi connectivity index (χ0n) is 14.9. The molecule has 0 radical (unpaired) electrons. The number of carbonyl (C=O) groups excluding carboxylic acids is 2. The number of hydrazone groups is 1. The minimum Gasteiger partial charge on any atom is -0.383 e. The van der Waals surface area contributed by atoms with Gasteiger partial charge in [-0.3, -0.25) is 9.59 Å². The Bertz CT molecular complexity index is 813. The second-order valence-electron chi connectivity index (χ2n) is 5.59. The van der Waals surface area contributed by atoms with Gasteiger partial charge < -0.3 is 14.6 Å². The number of methoxy groups -OCH3 is 1. The van der Waals surface area contributed by atoms with E-state index in [4.69, 9.17) is 16.3 Å². The Morgan fingerprint density at radius 2 is 1.92 bits per heavy atom. The topological polar surface area (TPSA) is 84.7 Å². The van der Waals surface area contributed by atoms with Gasteiger partial charge in [0.25, 0.3) is 0 Å². The first-order valence-corrected chi connectivity index (χ1v) is 8.37. The van der Waals surface area contributed by atoms with Crippen molar-refractivity contribution in [3.8, 4) is 5.69 Å². The highest BCUT2D eigenvalue weighted by molar-refractivity contribution is 6.35. The molecule has 1 aromatic carbocycles. The molecule has 0 spiro atoms. The lowest BCUT2D eigenvalue weighted by Crippen LogP contribution is -2.39. The van der Waals surface area contributed by atoms with Gasteiger partial charge in [-0.15, -0.1) is 0 Å². The third-order valence-corrected chi connectivity index (χ3v) is 3.97. The summed E-state index contributed by atoms with van der Waals surface area (Å²) < 4.78 is 6.85. The van der Waals surface area contributed by atoms with Gasteiger partial charge in [0.1, 0.15) is 0 Å². The second-order valence-corrected chi connectivity index (χ2v) is 6.02. The fraction of sp³-hybridized carbons (Fsp3) is 0.278. The van der Waals surface area contributed by atoms with Crippen LogP contribution in [0.3, 0.4) is 0 Å². The van der Waals surface area contributed by atoms with Crippen LogP contribution < -0.4 is 10.7 Å². The van der Waals surface area contributed by atoms with Crippen LogP contribution in [0.25, 0.3) is 5.69 Å². The van der Waals surface area contributed by atoms with Crippen LogP contribution in [0, 0.1) is 13.8 Å². The number of nitrogens with zero attached hydrogens (tertiary/aromatic N) is 2. The lowest BCUT2D eigenvalue weighted by molar-refractivity contribution is -0.139. The van der Waals surface area contributed by atoms with Crippen LogP contribution in [0.4, 0.5) is 0 Å². The summed E-state index contributed by atoms with van der Waals surface area (Å²) in [4.78, 5) is 23.2. The maximum absolute atomic E-state index is 11.6. The van der Waals surface area contributed by atoms with Crippen molar-refractivity contribution < 1.29 is 14.3 Å². The van der Waals surface area contributed by atoms with Crippen molar-refractivity contribution in [3.05, 3.63) is 52.3 Å². The fourth-order valence-corrected chi connectivity index (χ4v) is 2.59. The monoisotopic (exact) mass is 376 g/mol. The van der Waals surface area contributed by atoms with Gasteiger partial charge in [-0.1, -0.05) is 11.6 Å². The van der Waals surface area contributed by atoms with Gasteiger partial charge in [0.15, 0.2) is 0 Å². The number of rotatable bonds is 6. The molecule has 0 saturated carbocycles. The van der Waals surface area contributed by atoms with Crippen LogP contribution >= 0.6 is 11.6 Å². The smallest absolute Gasteiger partial charge is 0.329 e. The maximum Gasteiger partial charge on any atom is 0.329 e. The van der Waals surface area contributed by atoms with Gasteiger partial charge in [0.05, 0.1) is 12.8 Å². The summed E-state index contributed by atoms with van der Waals surface area (Å²) in [5.41, 5.74) is 5.98. The molecule has 2 amide bonds. The average molecular weight is 377 g/mol. The second kappa shape index (κ2) is 9.17. The number of benzene rings is 1. The molecule has 0 atom stereocenters. The normalized spacial score (nSPS) is 10.9. The molecule has 2 aromatic rings. The third kappa shape index (κ3) is 4.93. The van der Waals surface area contributed by atoms with Crippen LogP contribution in [-0.2, 0) is 14.3 Å². The zero-order chi connectivity index (χ0) is 19.1. The molecule has 0 unspecified atom stereocenters. The fourth-order valence-electron chi connectivity index (χ4n) is 2.46. The zero-order valence-corrected chi connectivity index (χ0v) is 15.6. The van der Waals surface area contributed by atoms with E-state index < -0.39 is 11.8 Å². The average Bonchev–Trinajstić information content (AvgIpc) is 2.89. The SMILES string of the molecule is COCCNC(=O)C(=O)N/N=C/c1cc(C)n(-c2ccc(Cl)cc2)c1C. The van der Waals surface area contributed by atoms with E-state index in [1.54, 1.807) is 0 Å². The Morgan fingerprint density at radius 3 is 2.58 bits per heavy atom. The molecule has 1 heterocycles. The van der Waals surface area contributed by atoms with Crippen LogP contribution in [0.15, 0.2) is 35.4 Å². The van der Waals surface area contributed by atoms with E-state index in [1.807, 2.05) is 44.2 Å². The minimum absolute atomic E-state index is 0.259. The molecule has 8 heteroatoms. The number of hydrogen-bond acceptors (Lipinski definition) is 4. The van der Waals surface area contributed by atoms with Gasteiger partial charge in [-0.2, -0.15) is 5.10 Å². The summed E-state index contributed by atoms with van der Waals surface area (Å²) in [6.07, 6.45) is 1.51. The van der Waals surface area contributed by atoms with Crippen LogP contribution in [0.5, 0.6) is 0 Å². The molecule has 0 bridgehead atoms. The summed E-state index contributed by atoms with van der Waals surface area (Å²) in [6.45, 7) is 4.51. The molecule has 0 aliphatic carbocycles. The van der Waals surface area contributed by atoms with Gasteiger partial charge >= 0.3 is 11.8 Å². The lowest BCUT2D eigenvalue weighted by atomic mass is 10.2. The first kappa shape index (κ1) is 19.7. The largest absolute Gasteiger partial charge is 0.383 e. The number of carbonyl (C=O) groups is 2. The summed E-state index contributed by atoms with van der Waals surface area (Å²) >= 11 is 5.94.